The minimum Gasteiger partial charge on any atom is -0.391 e. The van der Waals surface area contributed by atoms with Crippen LogP contribution in [-0.4, -0.2) is 74.1 Å². The minimum atomic E-state index is -0.200. The molecular weight excluding hydrogens is 306 g/mol. The van der Waals surface area contributed by atoms with E-state index in [1.807, 2.05) is 29.2 Å². The van der Waals surface area contributed by atoms with E-state index < -0.39 is 0 Å². The zero-order valence-corrected chi connectivity index (χ0v) is 13.7. The minimum absolute atomic E-state index is 0.0808. The summed E-state index contributed by atoms with van der Waals surface area (Å²) < 4.78 is 1.67. The van der Waals surface area contributed by atoms with Crippen molar-refractivity contribution >= 4 is 16.9 Å². The number of hydrogen-bond acceptors (Lipinski definition) is 5. The predicted molar refractivity (Wildman–Crippen MR) is 89.3 cm³/mol. The molecule has 0 radical (unpaired) electrons. The smallest absolute Gasteiger partial charge is 0.244 e. The maximum atomic E-state index is 12.6. The third-order valence-corrected chi connectivity index (χ3v) is 5.29. The summed E-state index contributed by atoms with van der Waals surface area (Å²) in [5.74, 6) is 0.0808. The van der Waals surface area contributed by atoms with Crippen LogP contribution in [0, 0.1) is 0 Å². The fourth-order valence-electron chi connectivity index (χ4n) is 3.91. The van der Waals surface area contributed by atoms with Crippen molar-refractivity contribution in [2.75, 3.05) is 26.2 Å². The molecule has 1 saturated heterocycles. The first kappa shape index (κ1) is 15.5. The number of rotatable bonds is 3. The zero-order chi connectivity index (χ0) is 16.5. The highest BCUT2D eigenvalue weighted by atomic mass is 16.3. The summed E-state index contributed by atoms with van der Waals surface area (Å²) in [5, 5.41) is 18.2. The molecule has 0 bridgehead atoms. The standard InChI is InChI=1S/C17H23N5O2/c23-16-7-3-6-15(16)20-8-10-21(11-9-20)17(24)12-22-14-5-2-1-4-13(14)18-19-22/h1-2,4-5,15-16,23H,3,6-12H2/t15-,16+/m0/s1. The molecule has 7 nitrogen and oxygen atoms in total. The van der Waals surface area contributed by atoms with Crippen molar-refractivity contribution in [3.63, 3.8) is 0 Å². The van der Waals surface area contributed by atoms with Gasteiger partial charge in [-0.25, -0.2) is 4.68 Å². The molecular formula is C17H23N5O2. The van der Waals surface area contributed by atoms with Crippen LogP contribution >= 0.6 is 0 Å². The summed E-state index contributed by atoms with van der Waals surface area (Å²) in [6, 6.07) is 7.95. The molecule has 2 aliphatic rings. The lowest BCUT2D eigenvalue weighted by atomic mass is 10.1. The van der Waals surface area contributed by atoms with Gasteiger partial charge in [0.05, 0.1) is 11.6 Å². The Morgan fingerprint density at radius 2 is 1.96 bits per heavy atom. The monoisotopic (exact) mass is 329 g/mol. The molecule has 1 aliphatic heterocycles. The van der Waals surface area contributed by atoms with Crippen molar-refractivity contribution in [3.05, 3.63) is 24.3 Å². The number of fused-ring (bicyclic) bond motifs is 1. The van der Waals surface area contributed by atoms with E-state index >= 15 is 0 Å². The molecule has 4 rings (SSSR count). The largest absolute Gasteiger partial charge is 0.391 e. The SMILES string of the molecule is O=C(Cn1nnc2ccccc21)N1CCN([C@H]2CCC[C@H]2O)CC1. The second kappa shape index (κ2) is 6.49. The summed E-state index contributed by atoms with van der Waals surface area (Å²) in [6.45, 7) is 3.34. The van der Waals surface area contributed by atoms with Crippen molar-refractivity contribution in [3.8, 4) is 0 Å². The Balaban J connectivity index is 1.36. The number of aliphatic hydroxyl groups excluding tert-OH is 1. The van der Waals surface area contributed by atoms with Crippen LogP contribution < -0.4 is 0 Å². The topological polar surface area (TPSA) is 74.5 Å². The van der Waals surface area contributed by atoms with Gasteiger partial charge in [0.15, 0.2) is 0 Å². The van der Waals surface area contributed by atoms with Gasteiger partial charge < -0.3 is 10.0 Å². The van der Waals surface area contributed by atoms with E-state index in [2.05, 4.69) is 15.2 Å². The summed E-state index contributed by atoms with van der Waals surface area (Å²) in [7, 11) is 0. The third kappa shape index (κ3) is 2.89. The summed E-state index contributed by atoms with van der Waals surface area (Å²) in [5.41, 5.74) is 1.70. The van der Waals surface area contributed by atoms with Gasteiger partial charge in [-0.3, -0.25) is 9.69 Å². The van der Waals surface area contributed by atoms with Crippen LogP contribution in [0.5, 0.6) is 0 Å². The first-order valence-electron chi connectivity index (χ1n) is 8.70. The van der Waals surface area contributed by atoms with Gasteiger partial charge in [0, 0.05) is 32.2 Å². The first-order valence-corrected chi connectivity index (χ1v) is 8.70. The number of hydrogen-bond donors (Lipinski definition) is 1. The summed E-state index contributed by atoms with van der Waals surface area (Å²) in [6.07, 6.45) is 2.88. The Hall–Kier alpha value is -1.99. The number of para-hydroxylation sites is 1. The quantitative estimate of drug-likeness (QED) is 0.887. The van der Waals surface area contributed by atoms with Crippen LogP contribution in [-0.2, 0) is 11.3 Å². The van der Waals surface area contributed by atoms with Gasteiger partial charge in [0.1, 0.15) is 12.1 Å². The fraction of sp³-hybridized carbons (Fsp3) is 0.588. The summed E-state index contributed by atoms with van der Waals surface area (Å²) >= 11 is 0. The molecule has 0 unspecified atom stereocenters. The average Bonchev–Trinajstić information content (AvgIpc) is 3.22. The van der Waals surface area contributed by atoms with Gasteiger partial charge in [0.2, 0.25) is 5.91 Å². The molecule has 24 heavy (non-hydrogen) atoms. The molecule has 2 atom stereocenters. The van der Waals surface area contributed by atoms with Crippen LogP contribution in [0.15, 0.2) is 24.3 Å². The van der Waals surface area contributed by atoms with Gasteiger partial charge in [-0.1, -0.05) is 17.3 Å². The van der Waals surface area contributed by atoms with Crippen LogP contribution in [0.3, 0.4) is 0 Å². The molecule has 1 saturated carbocycles. The van der Waals surface area contributed by atoms with Gasteiger partial charge in [-0.15, -0.1) is 5.10 Å². The van der Waals surface area contributed by atoms with E-state index in [4.69, 9.17) is 0 Å². The van der Waals surface area contributed by atoms with Crippen LogP contribution in [0.25, 0.3) is 11.0 Å². The van der Waals surface area contributed by atoms with Gasteiger partial charge in [-0.2, -0.15) is 0 Å². The Morgan fingerprint density at radius 1 is 1.17 bits per heavy atom. The number of amides is 1. The van der Waals surface area contributed by atoms with E-state index in [1.165, 1.54) is 0 Å². The Bertz CT molecular complexity index is 723. The fourth-order valence-corrected chi connectivity index (χ4v) is 3.91. The van der Waals surface area contributed by atoms with Crippen molar-refractivity contribution in [1.29, 1.82) is 0 Å². The highest BCUT2D eigenvalue weighted by Crippen LogP contribution is 2.25. The zero-order valence-electron chi connectivity index (χ0n) is 13.7. The molecule has 1 aromatic carbocycles. The average molecular weight is 329 g/mol. The second-order valence-electron chi connectivity index (χ2n) is 6.72. The van der Waals surface area contributed by atoms with E-state index in [9.17, 15) is 9.90 Å². The van der Waals surface area contributed by atoms with E-state index in [-0.39, 0.29) is 24.6 Å². The number of benzene rings is 1. The molecule has 1 amide bonds. The van der Waals surface area contributed by atoms with Crippen molar-refractivity contribution in [1.82, 2.24) is 24.8 Å². The van der Waals surface area contributed by atoms with Gasteiger partial charge in [-0.05, 0) is 31.4 Å². The van der Waals surface area contributed by atoms with Crippen LogP contribution in [0.1, 0.15) is 19.3 Å². The molecule has 1 aliphatic carbocycles. The normalized spacial score (nSPS) is 25.5. The van der Waals surface area contributed by atoms with Gasteiger partial charge >= 0.3 is 0 Å². The number of nitrogens with zero attached hydrogens (tertiary/aromatic N) is 5. The van der Waals surface area contributed by atoms with Crippen molar-refractivity contribution in [2.24, 2.45) is 0 Å². The summed E-state index contributed by atoms with van der Waals surface area (Å²) in [4.78, 5) is 16.8. The lowest BCUT2D eigenvalue weighted by molar-refractivity contribution is -0.134. The molecule has 2 heterocycles. The molecule has 2 fully saturated rings. The molecule has 2 aromatic rings. The Morgan fingerprint density at radius 3 is 2.71 bits per heavy atom. The highest BCUT2D eigenvalue weighted by molar-refractivity contribution is 5.79. The third-order valence-electron chi connectivity index (χ3n) is 5.29. The van der Waals surface area contributed by atoms with Crippen LogP contribution in [0.4, 0.5) is 0 Å². The molecule has 0 spiro atoms. The molecule has 1 N–H and O–H groups in total. The molecule has 128 valence electrons. The number of carbonyl (C=O) groups is 1. The van der Waals surface area contributed by atoms with Crippen molar-refractivity contribution < 1.29 is 9.90 Å². The number of aromatic nitrogens is 3. The van der Waals surface area contributed by atoms with Crippen molar-refractivity contribution in [2.45, 2.75) is 38.0 Å². The molecule has 7 heteroatoms. The second-order valence-corrected chi connectivity index (χ2v) is 6.72. The number of aliphatic hydroxyl groups is 1. The predicted octanol–water partition coefficient (Wildman–Crippen LogP) is 0.489. The van der Waals surface area contributed by atoms with E-state index in [0.717, 1.165) is 43.4 Å². The van der Waals surface area contributed by atoms with Crippen LogP contribution in [0.2, 0.25) is 0 Å². The Kier molecular flexibility index (Phi) is 4.20. The number of piperazine rings is 1. The lowest BCUT2D eigenvalue weighted by Gasteiger charge is -2.39. The van der Waals surface area contributed by atoms with E-state index in [1.54, 1.807) is 4.68 Å². The Labute approximate surface area is 140 Å². The maximum absolute atomic E-state index is 12.6. The number of carbonyl (C=O) groups excluding carboxylic acids is 1. The lowest BCUT2D eigenvalue weighted by Crippen LogP contribution is -2.54. The van der Waals surface area contributed by atoms with E-state index in [0.29, 0.717) is 13.1 Å². The molecule has 1 aromatic heterocycles. The van der Waals surface area contributed by atoms with Gasteiger partial charge in [0.25, 0.3) is 0 Å². The maximum Gasteiger partial charge on any atom is 0.244 e. The highest BCUT2D eigenvalue weighted by Gasteiger charge is 2.33. The first-order chi connectivity index (χ1) is 11.7.